The Labute approximate surface area is 258 Å². The van der Waals surface area contributed by atoms with Crippen molar-refractivity contribution in [2.75, 3.05) is 32.7 Å². The molecule has 10 heteroatoms. The van der Waals surface area contributed by atoms with Gasteiger partial charge in [0.05, 0.1) is 17.8 Å². The molecule has 3 aromatic rings. The number of imidazole rings is 1. The number of carbonyl (C=O) groups excluding carboxylic acids is 2. The molecule has 43 heavy (non-hydrogen) atoms. The van der Waals surface area contributed by atoms with Gasteiger partial charge in [-0.25, -0.2) is 9.78 Å². The lowest BCUT2D eigenvalue weighted by atomic mass is 9.94. The smallest absolute Gasteiger partial charge is 0.410 e. The number of hydrogen-bond donors (Lipinski definition) is 0. The van der Waals surface area contributed by atoms with E-state index in [0.717, 1.165) is 48.8 Å². The Morgan fingerprint density at radius 3 is 2.67 bits per heavy atom. The molecular weight excluding hydrogens is 564 g/mol. The van der Waals surface area contributed by atoms with E-state index in [0.29, 0.717) is 38.6 Å². The number of pyridine rings is 1. The van der Waals surface area contributed by atoms with Gasteiger partial charge in [0.2, 0.25) is 5.91 Å². The van der Waals surface area contributed by atoms with Gasteiger partial charge in [0.15, 0.2) is 0 Å². The number of fused-ring (bicyclic) bond motifs is 2. The predicted octanol–water partition coefficient (Wildman–Crippen LogP) is 4.90. The van der Waals surface area contributed by atoms with Crippen LogP contribution < -0.4 is 0 Å². The molecule has 0 saturated carbocycles. The summed E-state index contributed by atoms with van der Waals surface area (Å²) in [7, 11) is 0. The maximum atomic E-state index is 14.4. The quantitative estimate of drug-likeness (QED) is 0.412. The second-order valence-corrected chi connectivity index (χ2v) is 12.8. The van der Waals surface area contributed by atoms with Crippen molar-refractivity contribution in [2.45, 2.75) is 71.2 Å². The fraction of sp³-hybridized carbons (Fsp3) is 0.515. The van der Waals surface area contributed by atoms with Gasteiger partial charge in [-0.2, -0.15) is 0 Å². The maximum Gasteiger partial charge on any atom is 0.410 e. The zero-order valence-corrected chi connectivity index (χ0v) is 26.0. The van der Waals surface area contributed by atoms with Crippen LogP contribution in [0.1, 0.15) is 60.9 Å². The third-order valence-electron chi connectivity index (χ3n) is 9.09. The molecule has 2 fully saturated rings. The molecule has 2 amide bonds. The Balaban J connectivity index is 1.30. The highest BCUT2D eigenvalue weighted by molar-refractivity contribution is 6.30. The zero-order valence-electron chi connectivity index (χ0n) is 25.3. The minimum absolute atomic E-state index is 0.0105. The average Bonchev–Trinajstić information content (AvgIpc) is 3.32. The van der Waals surface area contributed by atoms with Gasteiger partial charge in [-0.1, -0.05) is 23.7 Å². The largest absolute Gasteiger partial charge is 0.447 e. The van der Waals surface area contributed by atoms with Gasteiger partial charge in [-0.15, -0.1) is 0 Å². The molecule has 9 nitrogen and oxygen atoms in total. The van der Waals surface area contributed by atoms with Gasteiger partial charge in [-0.3, -0.25) is 19.6 Å². The summed E-state index contributed by atoms with van der Waals surface area (Å²) in [5.41, 5.74) is 4.59. The standard InChI is InChI=1S/C33H41ClN6O3/c1-22(2)43-33(42)40-17-16-38(31-28-11-10-27(34)18-26(28)9-8-25-7-4-12-36-30(25)31)21-29(40)32(41)39-14-5-6-24(20-39)19-37-15-13-35-23(37)3/h4,7,10-13,15,18,22,24,29,31H,5-6,8-9,14,16-17,19-21H2,1-3H3/t24-,29+,31?/m0/s1. The van der Waals surface area contributed by atoms with Gasteiger partial charge in [-0.05, 0) is 87.3 Å². The molecule has 3 atom stereocenters. The number of aryl methyl sites for hydroxylation is 3. The molecule has 1 aromatic carbocycles. The second kappa shape index (κ2) is 12.7. The predicted molar refractivity (Wildman–Crippen MR) is 165 cm³/mol. The summed E-state index contributed by atoms with van der Waals surface area (Å²) < 4.78 is 7.81. The third-order valence-corrected chi connectivity index (χ3v) is 9.33. The van der Waals surface area contributed by atoms with Gasteiger partial charge >= 0.3 is 6.09 Å². The van der Waals surface area contributed by atoms with Crippen molar-refractivity contribution in [1.29, 1.82) is 0 Å². The molecule has 1 aliphatic carbocycles. The van der Waals surface area contributed by atoms with E-state index in [2.05, 4.69) is 32.7 Å². The second-order valence-electron chi connectivity index (χ2n) is 12.3. The molecular formula is C33H41ClN6O3. The van der Waals surface area contributed by atoms with E-state index in [4.69, 9.17) is 21.3 Å². The molecule has 6 rings (SSSR count). The number of ether oxygens (including phenoxy) is 1. The Hall–Kier alpha value is -3.43. The molecule has 0 radical (unpaired) electrons. The van der Waals surface area contributed by atoms with Crippen molar-refractivity contribution in [3.63, 3.8) is 0 Å². The number of benzene rings is 1. The van der Waals surface area contributed by atoms with Crippen LogP contribution in [0.15, 0.2) is 48.9 Å². The summed E-state index contributed by atoms with van der Waals surface area (Å²) in [6.45, 7) is 9.27. The highest BCUT2D eigenvalue weighted by atomic mass is 35.5. The van der Waals surface area contributed by atoms with Crippen molar-refractivity contribution in [3.05, 3.63) is 82.2 Å². The fourth-order valence-electron chi connectivity index (χ4n) is 6.99. The topological polar surface area (TPSA) is 83.8 Å². The molecule has 2 saturated heterocycles. The summed E-state index contributed by atoms with van der Waals surface area (Å²) in [6, 6.07) is 9.46. The first-order valence-corrected chi connectivity index (χ1v) is 15.9. The SMILES string of the molecule is Cc1nccn1C[C@@H]1CCCN(C(=O)[C@H]2CN(C3c4ccc(Cl)cc4CCc4cccnc43)CCN2C(=O)OC(C)C)C1. The van der Waals surface area contributed by atoms with Gasteiger partial charge < -0.3 is 14.2 Å². The third kappa shape index (κ3) is 6.29. The number of piperazine rings is 1. The summed E-state index contributed by atoms with van der Waals surface area (Å²) in [5.74, 6) is 1.30. The first-order chi connectivity index (χ1) is 20.8. The van der Waals surface area contributed by atoms with Gasteiger partial charge in [0.25, 0.3) is 0 Å². The van der Waals surface area contributed by atoms with Crippen LogP contribution in [0.2, 0.25) is 5.02 Å². The van der Waals surface area contributed by atoms with E-state index in [1.165, 1.54) is 16.7 Å². The first kappa shape index (κ1) is 29.6. The van der Waals surface area contributed by atoms with E-state index in [1.54, 1.807) is 4.90 Å². The summed E-state index contributed by atoms with van der Waals surface area (Å²) >= 11 is 6.44. The van der Waals surface area contributed by atoms with Crippen molar-refractivity contribution in [1.82, 2.24) is 29.2 Å². The van der Waals surface area contributed by atoms with E-state index in [9.17, 15) is 9.59 Å². The molecule has 0 bridgehead atoms. The van der Waals surface area contributed by atoms with E-state index >= 15 is 0 Å². The Kier molecular flexibility index (Phi) is 8.73. The first-order valence-electron chi connectivity index (χ1n) is 15.5. The lowest BCUT2D eigenvalue weighted by Crippen LogP contribution is -2.62. The maximum absolute atomic E-state index is 14.4. The van der Waals surface area contributed by atoms with E-state index in [-0.39, 0.29) is 18.1 Å². The number of rotatable bonds is 5. The molecule has 2 aromatic heterocycles. The fourth-order valence-corrected chi connectivity index (χ4v) is 7.18. The molecule has 1 unspecified atom stereocenters. The molecule has 228 valence electrons. The van der Waals surface area contributed by atoms with Gasteiger partial charge in [0.1, 0.15) is 11.9 Å². The number of nitrogens with zero attached hydrogens (tertiary/aromatic N) is 6. The minimum Gasteiger partial charge on any atom is -0.447 e. The van der Waals surface area contributed by atoms with Crippen LogP contribution in [0.25, 0.3) is 0 Å². The van der Waals surface area contributed by atoms with Crippen molar-refractivity contribution in [2.24, 2.45) is 5.92 Å². The summed E-state index contributed by atoms with van der Waals surface area (Å²) in [4.78, 5) is 43.0. The van der Waals surface area contributed by atoms with E-state index < -0.39 is 12.1 Å². The number of aromatic nitrogens is 3. The number of piperidine rings is 1. The van der Waals surface area contributed by atoms with Crippen LogP contribution in [-0.4, -0.2) is 86.1 Å². The number of amides is 2. The van der Waals surface area contributed by atoms with Crippen LogP contribution in [0.4, 0.5) is 4.79 Å². The number of likely N-dealkylation sites (tertiary alicyclic amines) is 1. The van der Waals surface area contributed by atoms with E-state index in [1.807, 2.05) is 56.4 Å². The molecule has 2 aliphatic heterocycles. The van der Waals surface area contributed by atoms with Crippen molar-refractivity contribution >= 4 is 23.6 Å². The van der Waals surface area contributed by atoms with Crippen LogP contribution in [0, 0.1) is 12.8 Å². The Bertz CT molecular complexity index is 1470. The highest BCUT2D eigenvalue weighted by Gasteiger charge is 2.43. The molecule has 4 heterocycles. The lowest BCUT2D eigenvalue weighted by molar-refractivity contribution is -0.141. The molecule has 3 aliphatic rings. The summed E-state index contributed by atoms with van der Waals surface area (Å²) in [5, 5.41) is 0.719. The minimum atomic E-state index is -0.653. The zero-order chi connectivity index (χ0) is 30.1. The average molecular weight is 605 g/mol. The Morgan fingerprint density at radius 1 is 1.05 bits per heavy atom. The normalized spacial score (nSPS) is 22.6. The Morgan fingerprint density at radius 2 is 1.88 bits per heavy atom. The van der Waals surface area contributed by atoms with Crippen LogP contribution in [-0.2, 0) is 28.9 Å². The highest BCUT2D eigenvalue weighted by Crippen LogP contribution is 2.38. The monoisotopic (exact) mass is 604 g/mol. The van der Waals surface area contributed by atoms with Crippen molar-refractivity contribution < 1.29 is 14.3 Å². The van der Waals surface area contributed by atoms with Crippen LogP contribution in [0.3, 0.4) is 0 Å². The lowest BCUT2D eigenvalue weighted by Gasteiger charge is -2.45. The van der Waals surface area contributed by atoms with Crippen molar-refractivity contribution in [3.8, 4) is 0 Å². The molecule has 0 spiro atoms. The number of carbonyl (C=O) groups is 2. The van der Waals surface area contributed by atoms with Crippen LogP contribution in [0.5, 0.6) is 0 Å². The number of halogens is 1. The molecule has 0 N–H and O–H groups in total. The van der Waals surface area contributed by atoms with Crippen LogP contribution >= 0.6 is 11.6 Å². The summed E-state index contributed by atoms with van der Waals surface area (Å²) in [6.07, 6.45) is 8.72. The van der Waals surface area contributed by atoms with Gasteiger partial charge in [0, 0.05) is 62.9 Å². The number of hydrogen-bond acceptors (Lipinski definition) is 6.